The molecule has 4 aromatic rings. The van der Waals surface area contributed by atoms with Crippen molar-refractivity contribution in [3.05, 3.63) is 97.1 Å². The zero-order valence-corrected chi connectivity index (χ0v) is 24.5. The Morgan fingerprint density at radius 2 is 0.875 bits per heavy atom. The molecule has 0 heterocycles. The van der Waals surface area contributed by atoms with E-state index in [1.807, 2.05) is 0 Å². The molecule has 2 heteroatoms. The summed E-state index contributed by atoms with van der Waals surface area (Å²) in [5.41, 5.74) is 7.16. The van der Waals surface area contributed by atoms with Gasteiger partial charge >= 0.3 is 0 Å². The molecule has 0 aliphatic heterocycles. The third kappa shape index (κ3) is 8.74. The minimum atomic E-state index is 0.722. The zero-order chi connectivity index (χ0) is 27.8. The van der Waals surface area contributed by atoms with Crippen molar-refractivity contribution in [3.63, 3.8) is 0 Å². The fraction of sp³-hybridized carbons (Fsp3) is 0.368. The number of hydrogen-bond donors (Lipinski definition) is 0. The molecular weight excluding hydrogens is 488 g/mol. The van der Waals surface area contributed by atoms with Gasteiger partial charge in [-0.1, -0.05) is 156 Å². The van der Waals surface area contributed by atoms with E-state index in [0.29, 0.717) is 0 Å². The maximum Gasteiger partial charge on any atom is 0.168 e. The summed E-state index contributed by atoms with van der Waals surface area (Å²) >= 11 is 0. The Morgan fingerprint density at radius 3 is 1.43 bits per heavy atom. The van der Waals surface area contributed by atoms with E-state index < -0.39 is 0 Å². The molecule has 4 aromatic carbocycles. The van der Waals surface area contributed by atoms with Crippen LogP contribution in [0.15, 0.2) is 97.1 Å². The van der Waals surface area contributed by atoms with Crippen LogP contribution in [0, 0.1) is 0 Å². The quantitative estimate of drug-likeness (QED) is 0.125. The van der Waals surface area contributed by atoms with Crippen LogP contribution in [0.5, 0.6) is 11.5 Å². The van der Waals surface area contributed by atoms with Crippen molar-refractivity contribution in [3.8, 4) is 44.9 Å². The van der Waals surface area contributed by atoms with Gasteiger partial charge < -0.3 is 9.47 Å². The lowest BCUT2D eigenvalue weighted by Gasteiger charge is -2.17. The number of ether oxygens (including phenoxy) is 2. The summed E-state index contributed by atoms with van der Waals surface area (Å²) in [7, 11) is 0. The second-order valence-electron chi connectivity index (χ2n) is 10.7. The summed E-state index contributed by atoms with van der Waals surface area (Å²) in [5.74, 6) is 1.74. The molecular formula is C38H46O2. The topological polar surface area (TPSA) is 18.5 Å². The molecule has 0 spiro atoms. The SMILES string of the molecule is CCCCCCCOc1cccc(-c2ccc(-c3ccc(-c4ccccc4)cc3)cc2)c1OCCCCCCC. The molecule has 0 saturated carbocycles. The van der Waals surface area contributed by atoms with Crippen molar-refractivity contribution in [2.75, 3.05) is 13.2 Å². The van der Waals surface area contributed by atoms with Crippen LogP contribution < -0.4 is 9.47 Å². The van der Waals surface area contributed by atoms with E-state index in [4.69, 9.17) is 9.47 Å². The fourth-order valence-electron chi connectivity index (χ4n) is 5.10. The maximum absolute atomic E-state index is 6.44. The van der Waals surface area contributed by atoms with Gasteiger partial charge in [0.25, 0.3) is 0 Å². The van der Waals surface area contributed by atoms with Crippen molar-refractivity contribution in [1.82, 2.24) is 0 Å². The van der Waals surface area contributed by atoms with E-state index in [-0.39, 0.29) is 0 Å². The minimum absolute atomic E-state index is 0.722. The molecule has 0 aromatic heterocycles. The summed E-state index contributed by atoms with van der Waals surface area (Å²) in [4.78, 5) is 0. The van der Waals surface area contributed by atoms with Crippen molar-refractivity contribution < 1.29 is 9.47 Å². The molecule has 0 fully saturated rings. The van der Waals surface area contributed by atoms with E-state index in [2.05, 4.69) is 111 Å². The predicted molar refractivity (Wildman–Crippen MR) is 171 cm³/mol. The highest BCUT2D eigenvalue weighted by Crippen LogP contribution is 2.39. The number of rotatable bonds is 17. The van der Waals surface area contributed by atoms with Crippen LogP contribution in [0.3, 0.4) is 0 Å². The number of unbranched alkanes of at least 4 members (excludes halogenated alkanes) is 8. The van der Waals surface area contributed by atoms with Crippen molar-refractivity contribution in [2.24, 2.45) is 0 Å². The number of para-hydroxylation sites is 1. The molecule has 0 unspecified atom stereocenters. The normalized spacial score (nSPS) is 10.9. The fourth-order valence-corrected chi connectivity index (χ4v) is 5.10. The summed E-state index contributed by atoms with van der Waals surface area (Å²) < 4.78 is 12.7. The molecule has 210 valence electrons. The molecule has 0 saturated heterocycles. The van der Waals surface area contributed by atoms with Gasteiger partial charge in [0.2, 0.25) is 0 Å². The van der Waals surface area contributed by atoms with Crippen LogP contribution in [-0.4, -0.2) is 13.2 Å². The lowest BCUT2D eigenvalue weighted by molar-refractivity contribution is 0.259. The second-order valence-corrected chi connectivity index (χ2v) is 10.7. The predicted octanol–water partition coefficient (Wildman–Crippen LogP) is 11.4. The Balaban J connectivity index is 1.48. The highest BCUT2D eigenvalue weighted by atomic mass is 16.5. The van der Waals surface area contributed by atoms with Crippen LogP contribution in [0.25, 0.3) is 33.4 Å². The summed E-state index contributed by atoms with van der Waals surface area (Å²) in [6.45, 7) is 5.96. The molecule has 0 amide bonds. The first kappa shape index (κ1) is 29.5. The average Bonchev–Trinajstić information content (AvgIpc) is 3.01. The average molecular weight is 535 g/mol. The van der Waals surface area contributed by atoms with Gasteiger partial charge in [0.15, 0.2) is 11.5 Å². The van der Waals surface area contributed by atoms with Gasteiger partial charge in [0.1, 0.15) is 0 Å². The summed E-state index contributed by atoms with van der Waals surface area (Å²) in [6.07, 6.45) is 12.2. The lowest BCUT2D eigenvalue weighted by Crippen LogP contribution is -2.04. The Labute approximate surface area is 242 Å². The van der Waals surface area contributed by atoms with Gasteiger partial charge in [-0.25, -0.2) is 0 Å². The molecule has 4 rings (SSSR count). The molecule has 0 aliphatic rings. The Kier molecular flexibility index (Phi) is 12.2. The van der Waals surface area contributed by atoms with E-state index in [9.17, 15) is 0 Å². The smallest absolute Gasteiger partial charge is 0.168 e. The van der Waals surface area contributed by atoms with E-state index in [0.717, 1.165) is 48.7 Å². The monoisotopic (exact) mass is 534 g/mol. The van der Waals surface area contributed by atoms with Gasteiger partial charge in [-0.2, -0.15) is 0 Å². The van der Waals surface area contributed by atoms with Gasteiger partial charge in [-0.3, -0.25) is 0 Å². The molecule has 0 N–H and O–H groups in total. The van der Waals surface area contributed by atoms with Crippen LogP contribution >= 0.6 is 0 Å². The molecule has 40 heavy (non-hydrogen) atoms. The first-order valence-electron chi connectivity index (χ1n) is 15.4. The standard InChI is InChI=1S/C38H46O2/c1-3-5-7-9-14-29-39-37-20-16-19-36(38(37)40-30-15-10-8-6-4-2)35-27-25-34(26-28-35)33-23-21-32(22-24-33)31-17-12-11-13-18-31/h11-13,16-28H,3-10,14-15,29-30H2,1-2H3. The lowest BCUT2D eigenvalue weighted by atomic mass is 9.97. The highest BCUT2D eigenvalue weighted by Gasteiger charge is 2.14. The molecule has 0 atom stereocenters. The van der Waals surface area contributed by atoms with E-state index in [1.165, 1.54) is 73.6 Å². The minimum Gasteiger partial charge on any atom is -0.490 e. The van der Waals surface area contributed by atoms with E-state index in [1.54, 1.807) is 0 Å². The Hall–Kier alpha value is -3.52. The van der Waals surface area contributed by atoms with Crippen LogP contribution in [0.2, 0.25) is 0 Å². The first-order valence-corrected chi connectivity index (χ1v) is 15.4. The number of hydrogen-bond acceptors (Lipinski definition) is 2. The van der Waals surface area contributed by atoms with Gasteiger partial charge in [0, 0.05) is 5.56 Å². The third-order valence-electron chi connectivity index (χ3n) is 7.50. The maximum atomic E-state index is 6.44. The Bertz CT molecular complexity index is 1240. The summed E-state index contributed by atoms with van der Waals surface area (Å²) in [5, 5.41) is 0. The van der Waals surface area contributed by atoms with Gasteiger partial charge in [0.05, 0.1) is 13.2 Å². The van der Waals surface area contributed by atoms with E-state index >= 15 is 0 Å². The zero-order valence-electron chi connectivity index (χ0n) is 24.5. The van der Waals surface area contributed by atoms with Crippen molar-refractivity contribution in [2.45, 2.75) is 78.1 Å². The van der Waals surface area contributed by atoms with Crippen LogP contribution in [0.4, 0.5) is 0 Å². The molecule has 0 aliphatic carbocycles. The second kappa shape index (κ2) is 16.6. The van der Waals surface area contributed by atoms with Gasteiger partial charge in [-0.15, -0.1) is 0 Å². The molecule has 2 nitrogen and oxygen atoms in total. The highest BCUT2D eigenvalue weighted by molar-refractivity contribution is 5.77. The molecule has 0 radical (unpaired) electrons. The third-order valence-corrected chi connectivity index (χ3v) is 7.50. The van der Waals surface area contributed by atoms with Gasteiger partial charge in [-0.05, 0) is 46.7 Å². The van der Waals surface area contributed by atoms with Crippen LogP contribution in [0.1, 0.15) is 78.1 Å². The largest absolute Gasteiger partial charge is 0.490 e. The van der Waals surface area contributed by atoms with Crippen molar-refractivity contribution >= 4 is 0 Å². The first-order chi connectivity index (χ1) is 19.8. The van der Waals surface area contributed by atoms with Crippen molar-refractivity contribution in [1.29, 1.82) is 0 Å². The number of benzene rings is 4. The summed E-state index contributed by atoms with van der Waals surface area (Å²) in [6, 6.07) is 34.5. The molecule has 0 bridgehead atoms. The van der Waals surface area contributed by atoms with Crippen LogP contribution in [-0.2, 0) is 0 Å². The Morgan fingerprint density at radius 1 is 0.400 bits per heavy atom.